The summed E-state index contributed by atoms with van der Waals surface area (Å²) >= 11 is 6.90. The van der Waals surface area contributed by atoms with Crippen LogP contribution in [0.25, 0.3) is 0 Å². The van der Waals surface area contributed by atoms with Gasteiger partial charge in [0.15, 0.2) is 0 Å². The summed E-state index contributed by atoms with van der Waals surface area (Å²) in [6, 6.07) is 5.12. The van der Waals surface area contributed by atoms with E-state index in [1.165, 1.54) is 29.2 Å². The first kappa shape index (κ1) is 29.3. The Balaban J connectivity index is 1.63. The van der Waals surface area contributed by atoms with Crippen LogP contribution in [0.15, 0.2) is 35.2 Å². The number of carbonyl (C=O) groups is 3. The van der Waals surface area contributed by atoms with E-state index in [9.17, 15) is 31.6 Å². The van der Waals surface area contributed by atoms with Crippen molar-refractivity contribution in [1.29, 1.82) is 0 Å². The van der Waals surface area contributed by atoms with Crippen LogP contribution in [-0.2, 0) is 19.6 Å². The number of carbonyl (C=O) groups excluding carboxylic acids is 3. The lowest BCUT2D eigenvalue weighted by Gasteiger charge is -2.34. The summed E-state index contributed by atoms with van der Waals surface area (Å²) < 4.78 is 58.2. The van der Waals surface area contributed by atoms with Crippen LogP contribution in [0.2, 0.25) is 4.34 Å². The number of nitrogens with one attached hydrogen (secondary N) is 2. The molecule has 1 aromatic heterocycles. The van der Waals surface area contributed by atoms with Crippen LogP contribution in [0.3, 0.4) is 0 Å². The molecular weight excluding hydrogens is 576 g/mol. The van der Waals surface area contributed by atoms with E-state index in [0.717, 1.165) is 22.3 Å². The van der Waals surface area contributed by atoms with E-state index in [-0.39, 0.29) is 29.4 Å². The number of likely N-dealkylation sites (N-methyl/N-ethyl adjacent to an activating group) is 1. The zero-order chi connectivity index (χ0) is 28.3. The van der Waals surface area contributed by atoms with Crippen LogP contribution in [-0.4, -0.2) is 88.3 Å². The predicted molar refractivity (Wildman–Crippen MR) is 143 cm³/mol. The van der Waals surface area contributed by atoms with Crippen LogP contribution in [0.1, 0.15) is 34.5 Å². The third-order valence-electron chi connectivity index (χ3n) is 6.59. The van der Waals surface area contributed by atoms with Crippen molar-refractivity contribution >= 4 is 56.4 Å². The number of piperazine rings is 1. The molecule has 3 heterocycles. The lowest BCUT2D eigenvalue weighted by Crippen LogP contribution is -2.57. The molecule has 15 heteroatoms. The lowest BCUT2D eigenvalue weighted by atomic mass is 10.1. The first-order valence-corrected chi connectivity index (χ1v) is 14.9. The van der Waals surface area contributed by atoms with E-state index in [2.05, 4.69) is 10.0 Å². The molecule has 0 unspecified atom stereocenters. The second kappa shape index (κ2) is 12.3. The molecule has 0 spiro atoms. The number of benzene rings is 1. The third-order valence-corrected chi connectivity index (χ3v) is 9.35. The molecule has 2 aromatic rings. The lowest BCUT2D eigenvalue weighted by molar-refractivity contribution is -0.134. The molecular formula is C24H28ClF2N5O5S2. The number of thiophene rings is 1. The number of amides is 3. The zero-order valence-corrected chi connectivity index (χ0v) is 23.4. The van der Waals surface area contributed by atoms with Crippen molar-refractivity contribution < 1.29 is 31.6 Å². The van der Waals surface area contributed by atoms with Crippen molar-refractivity contribution in [3.05, 3.63) is 45.1 Å². The Bertz CT molecular complexity index is 1350. The van der Waals surface area contributed by atoms with E-state index in [4.69, 9.17) is 11.6 Å². The van der Waals surface area contributed by atoms with Gasteiger partial charge in [-0.3, -0.25) is 14.4 Å². The highest BCUT2D eigenvalue weighted by Gasteiger charge is 2.36. The summed E-state index contributed by atoms with van der Waals surface area (Å²) in [7, 11) is -2.82. The Morgan fingerprint density at radius 3 is 2.41 bits per heavy atom. The summed E-state index contributed by atoms with van der Waals surface area (Å²) in [6.45, 7) is 1.55. The Labute approximate surface area is 233 Å². The van der Waals surface area contributed by atoms with Crippen LogP contribution in [0.4, 0.5) is 14.5 Å². The van der Waals surface area contributed by atoms with Gasteiger partial charge < -0.3 is 20.0 Å². The molecule has 2 fully saturated rings. The maximum absolute atomic E-state index is 14.3. The van der Waals surface area contributed by atoms with E-state index in [1.807, 2.05) is 11.9 Å². The fourth-order valence-corrected chi connectivity index (χ4v) is 6.91. The van der Waals surface area contributed by atoms with Gasteiger partial charge in [-0.25, -0.2) is 17.2 Å². The first-order chi connectivity index (χ1) is 18.5. The van der Waals surface area contributed by atoms with Crippen molar-refractivity contribution in [2.24, 2.45) is 0 Å². The second-order valence-corrected chi connectivity index (χ2v) is 12.7. The number of halogens is 3. The van der Waals surface area contributed by atoms with Crippen LogP contribution >= 0.6 is 22.9 Å². The van der Waals surface area contributed by atoms with Crippen LogP contribution < -0.4 is 14.9 Å². The molecule has 2 aliphatic rings. The number of sulfonamides is 1. The van der Waals surface area contributed by atoms with Gasteiger partial charge in [0.1, 0.15) is 6.04 Å². The van der Waals surface area contributed by atoms with Crippen LogP contribution in [0.5, 0.6) is 0 Å². The normalized spacial score (nSPS) is 17.6. The SMILES string of the molecule is CN1CCN(C(=O)[C@H](CNC(=O)c2ccc(Cl)s2)NS(=O)(=O)c2cccc(N3CCCC3=O)c2C(F)F)CC1. The number of alkyl halides is 2. The highest BCUT2D eigenvalue weighted by atomic mass is 35.5. The Kier molecular flexibility index (Phi) is 9.21. The van der Waals surface area contributed by atoms with E-state index >= 15 is 0 Å². The number of hydrogen-bond acceptors (Lipinski definition) is 7. The minimum atomic E-state index is -4.70. The number of rotatable bonds is 9. The Morgan fingerprint density at radius 2 is 1.82 bits per heavy atom. The summed E-state index contributed by atoms with van der Waals surface area (Å²) in [6.07, 6.45) is -2.57. The average molecular weight is 604 g/mol. The highest BCUT2D eigenvalue weighted by Crippen LogP contribution is 2.37. The topological polar surface area (TPSA) is 119 Å². The first-order valence-electron chi connectivity index (χ1n) is 12.2. The van der Waals surface area contributed by atoms with Crippen molar-refractivity contribution in [2.45, 2.75) is 30.2 Å². The fourth-order valence-electron chi connectivity index (χ4n) is 4.52. The summed E-state index contributed by atoms with van der Waals surface area (Å²) in [4.78, 5) is 42.4. The van der Waals surface area contributed by atoms with E-state index in [1.54, 1.807) is 0 Å². The molecule has 39 heavy (non-hydrogen) atoms. The molecule has 1 aromatic carbocycles. The van der Waals surface area contributed by atoms with Crippen molar-refractivity contribution in [3.8, 4) is 0 Å². The molecule has 2 N–H and O–H groups in total. The number of hydrogen-bond donors (Lipinski definition) is 2. The van der Waals surface area contributed by atoms with Gasteiger partial charge in [-0.2, -0.15) is 4.72 Å². The molecule has 10 nitrogen and oxygen atoms in total. The fraction of sp³-hybridized carbons (Fsp3) is 0.458. The molecule has 2 aliphatic heterocycles. The largest absolute Gasteiger partial charge is 0.349 e. The maximum atomic E-state index is 14.3. The summed E-state index contributed by atoms with van der Waals surface area (Å²) in [5.41, 5.74) is -0.997. The minimum Gasteiger partial charge on any atom is -0.349 e. The number of nitrogens with zero attached hydrogens (tertiary/aromatic N) is 3. The van der Waals surface area contributed by atoms with Gasteiger partial charge >= 0.3 is 0 Å². The summed E-state index contributed by atoms with van der Waals surface area (Å²) in [5, 5.41) is 2.54. The molecule has 2 saturated heterocycles. The van der Waals surface area contributed by atoms with Crippen LogP contribution in [0, 0.1) is 0 Å². The van der Waals surface area contributed by atoms with E-state index < -0.39 is 51.3 Å². The van der Waals surface area contributed by atoms with Crippen molar-refractivity contribution in [2.75, 3.05) is 51.2 Å². The van der Waals surface area contributed by atoms with Gasteiger partial charge in [-0.05, 0) is 37.7 Å². The zero-order valence-electron chi connectivity index (χ0n) is 21.0. The van der Waals surface area contributed by atoms with Gasteiger partial charge in [0.25, 0.3) is 12.3 Å². The van der Waals surface area contributed by atoms with Gasteiger partial charge in [0.2, 0.25) is 21.8 Å². The quantitative estimate of drug-likeness (QED) is 0.454. The average Bonchev–Trinajstić information content (AvgIpc) is 3.53. The Morgan fingerprint density at radius 1 is 1.10 bits per heavy atom. The molecule has 212 valence electrons. The minimum absolute atomic E-state index is 0.175. The predicted octanol–water partition coefficient (Wildman–Crippen LogP) is 2.32. The van der Waals surface area contributed by atoms with Gasteiger partial charge in [-0.1, -0.05) is 17.7 Å². The summed E-state index contributed by atoms with van der Waals surface area (Å²) in [5.74, 6) is -1.54. The van der Waals surface area contributed by atoms with Crippen molar-refractivity contribution in [1.82, 2.24) is 19.8 Å². The maximum Gasteiger partial charge on any atom is 0.267 e. The number of anilines is 1. The Hall–Kier alpha value is -2.65. The van der Waals surface area contributed by atoms with E-state index in [0.29, 0.717) is 36.9 Å². The van der Waals surface area contributed by atoms with Gasteiger partial charge in [0, 0.05) is 45.7 Å². The monoisotopic (exact) mass is 603 g/mol. The van der Waals surface area contributed by atoms with Crippen molar-refractivity contribution in [3.63, 3.8) is 0 Å². The highest BCUT2D eigenvalue weighted by molar-refractivity contribution is 7.89. The molecule has 1 atom stereocenters. The molecule has 0 aliphatic carbocycles. The van der Waals surface area contributed by atoms with Gasteiger partial charge in [0.05, 0.1) is 25.4 Å². The molecule has 3 amide bonds. The second-order valence-electron chi connectivity index (χ2n) is 9.25. The smallest absolute Gasteiger partial charge is 0.267 e. The standard InChI is InChI=1S/C24H28ClF2N5O5S2/c1-30-10-12-31(13-11-30)24(35)15(14-28-23(34)17-7-8-19(25)38-17)29-39(36,37)18-5-2-4-16(21(18)22(26)27)32-9-3-6-20(32)33/h2,4-5,7-8,15,22,29H,3,6,9-14H2,1H3,(H,28,34)/t15-/m0/s1. The molecule has 0 radical (unpaired) electrons. The molecule has 4 rings (SSSR count). The molecule has 0 bridgehead atoms. The third kappa shape index (κ3) is 6.74. The molecule has 0 saturated carbocycles. The van der Waals surface area contributed by atoms with Gasteiger partial charge in [-0.15, -0.1) is 11.3 Å².